The number of aromatic carboxylic acids is 1. The minimum Gasteiger partial charge on any atom is -0.478 e. The van der Waals surface area contributed by atoms with E-state index in [9.17, 15) is 18.0 Å². The number of carbonyl (C=O) groups is 1. The fourth-order valence-corrected chi connectivity index (χ4v) is 1.73. The number of hydrogen-bond acceptors (Lipinski definition) is 2. The maximum Gasteiger partial charge on any atom is 0.337 e. The predicted octanol–water partition coefficient (Wildman–Crippen LogP) is 3.85. The van der Waals surface area contributed by atoms with Crippen molar-refractivity contribution in [1.29, 1.82) is 0 Å². The van der Waals surface area contributed by atoms with Crippen LogP contribution < -0.4 is 5.32 Å². The van der Waals surface area contributed by atoms with E-state index in [1.165, 1.54) is 12.1 Å². The van der Waals surface area contributed by atoms with Gasteiger partial charge in [-0.3, -0.25) is 0 Å². The Bertz CT molecular complexity index is 663. The van der Waals surface area contributed by atoms with Crippen LogP contribution in [0.5, 0.6) is 0 Å². The number of carboxylic acid groups (broad SMARTS) is 1. The van der Waals surface area contributed by atoms with E-state index in [1.54, 1.807) is 13.0 Å². The maximum atomic E-state index is 13.1. The van der Waals surface area contributed by atoms with E-state index in [-0.39, 0.29) is 16.9 Å². The molecule has 0 radical (unpaired) electrons. The molecule has 0 unspecified atom stereocenters. The van der Waals surface area contributed by atoms with Crippen LogP contribution in [0.1, 0.15) is 15.9 Å². The first kappa shape index (κ1) is 13.9. The molecule has 0 spiro atoms. The summed E-state index contributed by atoms with van der Waals surface area (Å²) in [7, 11) is 0. The van der Waals surface area contributed by atoms with E-state index < -0.39 is 23.4 Å². The number of aryl methyl sites for hydroxylation is 1. The zero-order valence-electron chi connectivity index (χ0n) is 10.4. The first-order valence-electron chi connectivity index (χ1n) is 5.64. The molecule has 2 aromatic rings. The summed E-state index contributed by atoms with van der Waals surface area (Å²) in [4.78, 5) is 11.1. The third kappa shape index (κ3) is 2.74. The molecule has 0 saturated carbocycles. The summed E-state index contributed by atoms with van der Waals surface area (Å²) in [5, 5.41) is 11.6. The number of halogens is 3. The van der Waals surface area contributed by atoms with E-state index in [2.05, 4.69) is 5.32 Å². The van der Waals surface area contributed by atoms with Gasteiger partial charge in [-0.05, 0) is 19.1 Å². The van der Waals surface area contributed by atoms with Crippen LogP contribution in [0.3, 0.4) is 0 Å². The van der Waals surface area contributed by atoms with Gasteiger partial charge in [0.05, 0.1) is 11.3 Å². The van der Waals surface area contributed by atoms with Crippen LogP contribution in [-0.4, -0.2) is 11.1 Å². The van der Waals surface area contributed by atoms with Crippen LogP contribution >= 0.6 is 0 Å². The van der Waals surface area contributed by atoms with Gasteiger partial charge < -0.3 is 10.4 Å². The predicted molar refractivity (Wildman–Crippen MR) is 67.7 cm³/mol. The SMILES string of the molecule is Cc1ccc(Nc2cc(F)c(F)c(F)c2)c(C(=O)O)c1. The second-order valence-electron chi connectivity index (χ2n) is 4.23. The van der Waals surface area contributed by atoms with Gasteiger partial charge in [0, 0.05) is 17.8 Å². The van der Waals surface area contributed by atoms with Gasteiger partial charge in [0.25, 0.3) is 0 Å². The number of rotatable bonds is 3. The quantitative estimate of drug-likeness (QED) is 0.840. The van der Waals surface area contributed by atoms with Gasteiger partial charge in [0.15, 0.2) is 17.5 Å². The topological polar surface area (TPSA) is 49.3 Å². The number of benzene rings is 2. The van der Waals surface area contributed by atoms with E-state index in [4.69, 9.17) is 5.11 Å². The molecule has 0 aliphatic carbocycles. The van der Waals surface area contributed by atoms with Gasteiger partial charge >= 0.3 is 5.97 Å². The highest BCUT2D eigenvalue weighted by Crippen LogP contribution is 2.24. The molecular formula is C14H10F3NO2. The molecule has 0 aromatic heterocycles. The molecule has 2 rings (SSSR count). The second-order valence-corrected chi connectivity index (χ2v) is 4.23. The van der Waals surface area contributed by atoms with E-state index in [1.807, 2.05) is 0 Å². The molecule has 0 heterocycles. The van der Waals surface area contributed by atoms with E-state index in [0.717, 1.165) is 17.7 Å². The lowest BCUT2D eigenvalue weighted by molar-refractivity contribution is 0.0698. The van der Waals surface area contributed by atoms with Crippen molar-refractivity contribution in [2.75, 3.05) is 5.32 Å². The molecule has 2 N–H and O–H groups in total. The van der Waals surface area contributed by atoms with Gasteiger partial charge in [0.1, 0.15) is 0 Å². The zero-order chi connectivity index (χ0) is 14.9. The standard InChI is InChI=1S/C14H10F3NO2/c1-7-2-3-12(9(4-7)14(19)20)18-8-5-10(15)13(17)11(16)6-8/h2-6,18H,1H3,(H,19,20). The Morgan fingerprint density at radius 3 is 2.25 bits per heavy atom. The van der Waals surface area contributed by atoms with Crippen LogP contribution in [0.4, 0.5) is 24.5 Å². The summed E-state index contributed by atoms with van der Waals surface area (Å²) in [6.45, 7) is 1.72. The highest BCUT2D eigenvalue weighted by atomic mass is 19.2. The Labute approximate surface area is 112 Å². The molecule has 2 aromatic carbocycles. The fourth-order valence-electron chi connectivity index (χ4n) is 1.73. The first-order valence-corrected chi connectivity index (χ1v) is 5.64. The van der Waals surface area contributed by atoms with Crippen LogP contribution in [0.25, 0.3) is 0 Å². The van der Waals surface area contributed by atoms with Crippen molar-refractivity contribution in [2.24, 2.45) is 0 Å². The molecule has 0 aliphatic heterocycles. The normalized spacial score (nSPS) is 10.4. The third-order valence-corrected chi connectivity index (χ3v) is 2.67. The molecule has 6 heteroatoms. The number of carboxylic acids is 1. The monoisotopic (exact) mass is 281 g/mol. The van der Waals surface area contributed by atoms with Crippen molar-refractivity contribution in [3.05, 3.63) is 58.9 Å². The minimum atomic E-state index is -1.57. The van der Waals surface area contributed by atoms with E-state index >= 15 is 0 Å². The molecule has 0 fully saturated rings. The lowest BCUT2D eigenvalue weighted by atomic mass is 10.1. The van der Waals surface area contributed by atoms with Crippen molar-refractivity contribution < 1.29 is 23.1 Å². The highest BCUT2D eigenvalue weighted by molar-refractivity contribution is 5.95. The van der Waals surface area contributed by atoms with Gasteiger partial charge in [-0.1, -0.05) is 11.6 Å². The molecular weight excluding hydrogens is 271 g/mol. The average molecular weight is 281 g/mol. The molecule has 0 bridgehead atoms. The maximum absolute atomic E-state index is 13.1. The molecule has 3 nitrogen and oxygen atoms in total. The molecule has 20 heavy (non-hydrogen) atoms. The van der Waals surface area contributed by atoms with Crippen molar-refractivity contribution in [3.63, 3.8) is 0 Å². The number of nitrogens with one attached hydrogen (secondary N) is 1. The Hall–Kier alpha value is -2.50. The average Bonchev–Trinajstić information content (AvgIpc) is 2.37. The number of hydrogen-bond donors (Lipinski definition) is 2. The molecule has 0 atom stereocenters. The zero-order valence-corrected chi connectivity index (χ0v) is 10.4. The molecule has 0 aliphatic rings. The minimum absolute atomic E-state index is 0.0462. The second kappa shape index (κ2) is 5.24. The number of anilines is 2. The van der Waals surface area contributed by atoms with Gasteiger partial charge in [-0.25, -0.2) is 18.0 Å². The van der Waals surface area contributed by atoms with Crippen molar-refractivity contribution in [3.8, 4) is 0 Å². The lowest BCUT2D eigenvalue weighted by Crippen LogP contribution is -2.04. The van der Waals surface area contributed by atoms with Gasteiger partial charge in [0.2, 0.25) is 0 Å². The summed E-state index contributed by atoms with van der Waals surface area (Å²) in [5.41, 5.74) is 0.765. The first-order chi connectivity index (χ1) is 9.38. The Morgan fingerprint density at radius 2 is 1.70 bits per heavy atom. The summed E-state index contributed by atoms with van der Waals surface area (Å²) in [6, 6.07) is 6.04. The van der Waals surface area contributed by atoms with Crippen LogP contribution in [0.15, 0.2) is 30.3 Å². The summed E-state index contributed by atoms with van der Waals surface area (Å²) < 4.78 is 39.0. The van der Waals surface area contributed by atoms with Crippen LogP contribution in [0.2, 0.25) is 0 Å². The highest BCUT2D eigenvalue weighted by Gasteiger charge is 2.14. The Kier molecular flexibility index (Phi) is 3.65. The Morgan fingerprint density at radius 1 is 1.10 bits per heavy atom. The lowest BCUT2D eigenvalue weighted by Gasteiger charge is -2.11. The third-order valence-electron chi connectivity index (χ3n) is 2.67. The molecule has 0 saturated heterocycles. The van der Waals surface area contributed by atoms with Crippen LogP contribution in [-0.2, 0) is 0 Å². The molecule has 104 valence electrons. The van der Waals surface area contributed by atoms with Gasteiger partial charge in [-0.2, -0.15) is 0 Å². The Balaban J connectivity index is 2.42. The molecule has 0 amide bonds. The van der Waals surface area contributed by atoms with Crippen LogP contribution in [0, 0.1) is 24.4 Å². The summed E-state index contributed by atoms with van der Waals surface area (Å²) in [5.74, 6) is -5.45. The fraction of sp³-hybridized carbons (Fsp3) is 0.0714. The summed E-state index contributed by atoms with van der Waals surface area (Å²) >= 11 is 0. The van der Waals surface area contributed by atoms with Crippen molar-refractivity contribution >= 4 is 17.3 Å². The van der Waals surface area contributed by atoms with Gasteiger partial charge in [-0.15, -0.1) is 0 Å². The van der Waals surface area contributed by atoms with Crippen molar-refractivity contribution in [2.45, 2.75) is 6.92 Å². The van der Waals surface area contributed by atoms with Crippen molar-refractivity contribution in [1.82, 2.24) is 0 Å². The summed E-state index contributed by atoms with van der Waals surface area (Å²) in [6.07, 6.45) is 0. The smallest absolute Gasteiger partial charge is 0.337 e. The van der Waals surface area contributed by atoms with E-state index in [0.29, 0.717) is 0 Å². The largest absolute Gasteiger partial charge is 0.478 e.